The summed E-state index contributed by atoms with van der Waals surface area (Å²) < 4.78 is 60.7. The first-order valence-corrected chi connectivity index (χ1v) is 6.20. The van der Waals surface area contributed by atoms with Gasteiger partial charge in [-0.1, -0.05) is 15.9 Å². The third-order valence-electron chi connectivity index (χ3n) is 3.17. The molecule has 0 unspecified atom stereocenters. The van der Waals surface area contributed by atoms with Crippen LogP contribution in [-0.4, -0.2) is 12.2 Å². The van der Waals surface area contributed by atoms with Crippen molar-refractivity contribution < 1.29 is 27.0 Å². The zero-order valence-corrected chi connectivity index (χ0v) is 10.9. The normalized spacial score (nSPS) is 24.9. The second-order valence-electron chi connectivity index (χ2n) is 4.67. The average molecular weight is 342 g/mol. The molecular weight excluding hydrogens is 334 g/mol. The van der Waals surface area contributed by atoms with E-state index in [1.807, 2.05) is 0 Å². The monoisotopic (exact) mass is 341 g/mol. The van der Waals surface area contributed by atoms with Gasteiger partial charge in [-0.05, 0) is 30.5 Å². The third kappa shape index (κ3) is 1.88. The minimum absolute atomic E-state index is 0.427. The van der Waals surface area contributed by atoms with E-state index < -0.39 is 29.3 Å². The van der Waals surface area contributed by atoms with E-state index in [4.69, 9.17) is 5.73 Å². The molecule has 2 aliphatic rings. The Kier molecular flexibility index (Phi) is 2.42. The summed E-state index contributed by atoms with van der Waals surface area (Å²) in [5.74, 6) is -0.887. The minimum atomic E-state index is -4.71. The van der Waals surface area contributed by atoms with Gasteiger partial charge in [-0.3, -0.25) is 0 Å². The first-order chi connectivity index (χ1) is 8.65. The maximum absolute atomic E-state index is 13.1. The summed E-state index contributed by atoms with van der Waals surface area (Å²) in [6.45, 7) is 0. The van der Waals surface area contributed by atoms with Gasteiger partial charge in [-0.25, -0.2) is 0 Å². The Morgan fingerprint density at radius 2 is 1.47 bits per heavy atom. The zero-order chi connectivity index (χ0) is 14.1. The molecule has 0 saturated heterocycles. The maximum Gasteiger partial charge on any atom is 0.507 e. The van der Waals surface area contributed by atoms with E-state index in [1.165, 1.54) is 12.1 Å². The van der Waals surface area contributed by atoms with Crippen LogP contribution in [0.3, 0.4) is 0 Å². The van der Waals surface area contributed by atoms with Gasteiger partial charge >= 0.3 is 12.2 Å². The van der Waals surface area contributed by atoms with Gasteiger partial charge in [0.05, 0.1) is 0 Å². The van der Waals surface area contributed by atoms with E-state index in [9.17, 15) is 17.6 Å². The van der Waals surface area contributed by atoms with E-state index in [-0.39, 0.29) is 0 Å². The Labute approximate surface area is 113 Å². The Bertz CT molecular complexity index is 560. The summed E-state index contributed by atoms with van der Waals surface area (Å²) in [6.07, 6.45) is -8.03. The van der Waals surface area contributed by atoms with E-state index in [0.29, 0.717) is 22.9 Å². The number of benzene rings is 1. The van der Waals surface area contributed by atoms with Gasteiger partial charge in [0.2, 0.25) is 0 Å². The van der Waals surface area contributed by atoms with Gasteiger partial charge in [0.25, 0.3) is 0 Å². The van der Waals surface area contributed by atoms with E-state index in [0.717, 1.165) is 0 Å². The Morgan fingerprint density at radius 1 is 1.00 bits per heavy atom. The van der Waals surface area contributed by atoms with Gasteiger partial charge in [-0.15, -0.1) is 0 Å². The molecule has 2 N–H and O–H groups in total. The molecule has 1 heterocycles. The lowest BCUT2D eigenvalue weighted by Crippen LogP contribution is -2.52. The Balaban J connectivity index is 2.08. The molecule has 19 heavy (non-hydrogen) atoms. The standard InChI is InChI=1S/C11H8BrF4NO2/c12-6-4-8-7(3-5(6)9(17)1-2-9)18-10(13,14)11(15,16)19-8/h3-4H,1-2,17H2. The topological polar surface area (TPSA) is 44.5 Å². The summed E-state index contributed by atoms with van der Waals surface area (Å²) >= 11 is 3.17. The van der Waals surface area contributed by atoms with Crippen LogP contribution in [0, 0.1) is 0 Å². The summed E-state index contributed by atoms with van der Waals surface area (Å²) in [4.78, 5) is 0. The largest absolute Gasteiger partial charge is 0.507 e. The van der Waals surface area contributed by atoms with Crippen LogP contribution >= 0.6 is 15.9 Å². The fourth-order valence-corrected chi connectivity index (χ4v) is 2.59. The lowest BCUT2D eigenvalue weighted by Gasteiger charge is -2.32. The molecule has 0 atom stereocenters. The fourth-order valence-electron chi connectivity index (χ4n) is 1.88. The van der Waals surface area contributed by atoms with Crippen molar-refractivity contribution in [3.05, 3.63) is 22.2 Å². The van der Waals surface area contributed by atoms with Crippen LogP contribution in [-0.2, 0) is 5.54 Å². The summed E-state index contributed by atoms with van der Waals surface area (Å²) in [5, 5.41) is 0. The Morgan fingerprint density at radius 3 is 1.95 bits per heavy atom. The van der Waals surface area contributed by atoms with Crippen molar-refractivity contribution in [1.29, 1.82) is 0 Å². The van der Waals surface area contributed by atoms with Crippen molar-refractivity contribution in [2.75, 3.05) is 0 Å². The van der Waals surface area contributed by atoms with Crippen LogP contribution in [0.1, 0.15) is 18.4 Å². The molecule has 0 radical (unpaired) electrons. The molecule has 0 bridgehead atoms. The van der Waals surface area contributed by atoms with Crippen LogP contribution in [0.15, 0.2) is 16.6 Å². The number of rotatable bonds is 1. The maximum atomic E-state index is 13.1. The molecule has 104 valence electrons. The van der Waals surface area contributed by atoms with Gasteiger partial charge < -0.3 is 15.2 Å². The van der Waals surface area contributed by atoms with Crippen molar-refractivity contribution in [2.45, 2.75) is 30.6 Å². The van der Waals surface area contributed by atoms with Gasteiger partial charge in [0, 0.05) is 10.0 Å². The van der Waals surface area contributed by atoms with Crippen molar-refractivity contribution in [3.8, 4) is 11.5 Å². The predicted octanol–water partition coefficient (Wildman–Crippen LogP) is 3.35. The highest BCUT2D eigenvalue weighted by atomic mass is 79.9. The summed E-state index contributed by atoms with van der Waals surface area (Å²) in [6, 6.07) is 2.39. The van der Waals surface area contributed by atoms with Crippen LogP contribution in [0.5, 0.6) is 11.5 Å². The highest BCUT2D eigenvalue weighted by Crippen LogP contribution is 2.52. The first kappa shape index (κ1) is 13.0. The molecule has 3 nitrogen and oxygen atoms in total. The molecule has 1 aromatic rings. The highest BCUT2D eigenvalue weighted by Gasteiger charge is 2.66. The van der Waals surface area contributed by atoms with E-state index >= 15 is 0 Å². The predicted molar refractivity (Wildman–Crippen MR) is 60.4 cm³/mol. The van der Waals surface area contributed by atoms with Crippen LogP contribution in [0.2, 0.25) is 0 Å². The van der Waals surface area contributed by atoms with Crippen molar-refractivity contribution in [2.24, 2.45) is 5.73 Å². The molecule has 0 aromatic heterocycles. The highest BCUT2D eigenvalue weighted by molar-refractivity contribution is 9.10. The number of fused-ring (bicyclic) bond motifs is 1. The van der Waals surface area contributed by atoms with E-state index in [1.54, 1.807) is 0 Å². The lowest BCUT2D eigenvalue weighted by atomic mass is 10.0. The third-order valence-corrected chi connectivity index (χ3v) is 3.83. The van der Waals surface area contributed by atoms with E-state index in [2.05, 4.69) is 25.4 Å². The molecule has 1 saturated carbocycles. The smallest absolute Gasteiger partial charge is 0.421 e. The van der Waals surface area contributed by atoms with Crippen LogP contribution in [0.4, 0.5) is 17.6 Å². The van der Waals surface area contributed by atoms with Crippen molar-refractivity contribution >= 4 is 15.9 Å². The van der Waals surface area contributed by atoms with Crippen molar-refractivity contribution in [1.82, 2.24) is 0 Å². The second kappa shape index (κ2) is 3.54. The van der Waals surface area contributed by atoms with Crippen LogP contribution < -0.4 is 15.2 Å². The molecule has 0 amide bonds. The number of alkyl halides is 4. The number of hydrogen-bond acceptors (Lipinski definition) is 3. The zero-order valence-electron chi connectivity index (χ0n) is 9.35. The molecule has 1 aliphatic carbocycles. The molecule has 0 spiro atoms. The number of ether oxygens (including phenoxy) is 2. The number of nitrogens with two attached hydrogens (primary N) is 1. The molecular formula is C11H8BrF4NO2. The minimum Gasteiger partial charge on any atom is -0.421 e. The molecule has 1 fully saturated rings. The molecule has 3 rings (SSSR count). The molecule has 1 aromatic carbocycles. The fraction of sp³-hybridized carbons (Fsp3) is 0.455. The van der Waals surface area contributed by atoms with Crippen LogP contribution in [0.25, 0.3) is 0 Å². The van der Waals surface area contributed by atoms with Gasteiger partial charge in [0.15, 0.2) is 11.5 Å². The number of hydrogen-bond donors (Lipinski definition) is 1. The summed E-state index contributed by atoms with van der Waals surface area (Å²) in [5.41, 5.74) is 5.88. The second-order valence-corrected chi connectivity index (χ2v) is 5.53. The SMILES string of the molecule is NC1(c2cc3c(cc2Br)OC(F)(F)C(F)(F)O3)CC1. The molecule has 8 heteroatoms. The summed E-state index contributed by atoms with van der Waals surface area (Å²) in [7, 11) is 0. The van der Waals surface area contributed by atoms with Gasteiger partial charge in [-0.2, -0.15) is 17.6 Å². The quantitative estimate of drug-likeness (QED) is 0.796. The Hall–Kier alpha value is -1.02. The number of halogens is 5. The average Bonchev–Trinajstić information content (AvgIpc) is 2.99. The lowest BCUT2D eigenvalue weighted by molar-refractivity contribution is -0.391. The molecule has 1 aliphatic heterocycles. The van der Waals surface area contributed by atoms with Gasteiger partial charge in [0.1, 0.15) is 0 Å². The van der Waals surface area contributed by atoms with Crippen molar-refractivity contribution in [3.63, 3.8) is 0 Å². The first-order valence-electron chi connectivity index (χ1n) is 5.41.